The molecule has 0 radical (unpaired) electrons. The first-order chi connectivity index (χ1) is 27.7. The quantitative estimate of drug-likeness (QED) is 0.126. The smallest absolute Gasteiger partial charge is 0.247 e. The van der Waals surface area contributed by atoms with Crippen LogP contribution in [0.1, 0.15) is 60.8 Å². The number of nitrogens with one attached hydrogen (secondary N) is 3. The molecule has 8 rings (SSSR count). The maximum absolute atomic E-state index is 13.9. The monoisotopic (exact) mass is 762 g/mol. The first-order valence-electron chi connectivity index (χ1n) is 19.8. The Bertz CT molecular complexity index is 2350. The number of fused-ring (bicyclic) bond motifs is 1. The van der Waals surface area contributed by atoms with Crippen molar-refractivity contribution in [2.24, 2.45) is 0 Å². The Balaban J connectivity index is 0.935. The van der Waals surface area contributed by atoms with Gasteiger partial charge in [-0.2, -0.15) is 0 Å². The Morgan fingerprint density at radius 1 is 0.684 bits per heavy atom. The highest BCUT2D eigenvalue weighted by atomic mass is 16.2. The van der Waals surface area contributed by atoms with Gasteiger partial charge in [0.15, 0.2) is 0 Å². The van der Waals surface area contributed by atoms with Crippen molar-refractivity contribution >= 4 is 34.3 Å². The van der Waals surface area contributed by atoms with Crippen LogP contribution in [-0.4, -0.2) is 99.6 Å². The molecule has 4 atom stereocenters. The van der Waals surface area contributed by atoms with E-state index in [9.17, 15) is 14.4 Å². The molecule has 0 spiro atoms. The third kappa shape index (κ3) is 7.73. The third-order valence-electron chi connectivity index (χ3n) is 11.4. The molecule has 0 bridgehead atoms. The van der Waals surface area contributed by atoms with E-state index >= 15 is 0 Å². The molecule has 3 N–H and O–H groups in total. The Morgan fingerprint density at radius 3 is 1.89 bits per heavy atom. The Hall–Kier alpha value is -6.04. The van der Waals surface area contributed by atoms with E-state index in [0.29, 0.717) is 25.2 Å². The van der Waals surface area contributed by atoms with Gasteiger partial charge < -0.3 is 25.1 Å². The first kappa shape index (κ1) is 37.9. The summed E-state index contributed by atoms with van der Waals surface area (Å²) in [5.74, 6) is 0.671. The number of nitrogens with zero attached hydrogens (tertiary/aromatic N) is 5. The first-order valence-corrected chi connectivity index (χ1v) is 19.8. The molecule has 2 aliphatic heterocycles. The van der Waals surface area contributed by atoms with E-state index in [1.165, 1.54) is 0 Å². The van der Waals surface area contributed by atoms with E-state index in [2.05, 4.69) is 45.6 Å². The maximum Gasteiger partial charge on any atom is 0.247 e. The molecule has 6 aromatic rings. The van der Waals surface area contributed by atoms with Crippen LogP contribution < -0.4 is 5.32 Å². The van der Waals surface area contributed by atoms with Crippen molar-refractivity contribution in [2.75, 3.05) is 46.6 Å². The highest BCUT2D eigenvalue weighted by Gasteiger charge is 2.39. The molecule has 292 valence electrons. The number of likely N-dealkylation sites (tertiary alicyclic amines) is 2. The van der Waals surface area contributed by atoms with Crippen molar-refractivity contribution in [3.63, 3.8) is 0 Å². The summed E-state index contributed by atoms with van der Waals surface area (Å²) < 4.78 is 0. The van der Waals surface area contributed by atoms with Gasteiger partial charge >= 0.3 is 0 Å². The van der Waals surface area contributed by atoms with Gasteiger partial charge in [0.25, 0.3) is 0 Å². The SMILES string of the molecule is CN(C)C(C(=O)N1CCC[C@H]1c1ncc(-c2ccc(-c3cc4cc(NC(=O)[C@@H]5CCCN5C(=O)[C@H](c5ccccc5)N(C)C)ccc4[nH]3)cc2)[nH]1)c1ccccc1. The fraction of sp³-hybridized carbons (Fsp3) is 0.304. The molecule has 2 aliphatic rings. The Labute approximate surface area is 333 Å². The second kappa shape index (κ2) is 16.2. The number of imidazole rings is 1. The largest absolute Gasteiger partial charge is 0.355 e. The van der Waals surface area contributed by atoms with Gasteiger partial charge in [0.05, 0.1) is 17.9 Å². The predicted octanol–water partition coefficient (Wildman–Crippen LogP) is 7.42. The summed E-state index contributed by atoms with van der Waals surface area (Å²) in [5.41, 5.74) is 7.44. The zero-order chi connectivity index (χ0) is 39.6. The number of hydrogen-bond donors (Lipinski definition) is 3. The van der Waals surface area contributed by atoms with Crippen molar-refractivity contribution < 1.29 is 14.4 Å². The number of aromatic amines is 2. The Kier molecular flexibility index (Phi) is 10.8. The average molecular weight is 763 g/mol. The molecule has 2 fully saturated rings. The summed E-state index contributed by atoms with van der Waals surface area (Å²) in [6.45, 7) is 1.26. The normalized spacial score (nSPS) is 18.1. The molecule has 0 saturated carbocycles. The number of hydrogen-bond acceptors (Lipinski definition) is 6. The number of amides is 3. The standard InChI is InChI=1S/C46H50N8O3/c1-51(2)41(32-13-7-5-8-14-32)45(56)53-25-11-17-39(53)43-47-29-38(50-43)31-21-19-30(20-22-31)37-28-34-27-35(23-24-36(34)49-37)48-44(55)40-18-12-26-54(40)46(57)42(52(3)4)33-15-9-6-10-16-33/h5-10,13-16,19-24,27-29,39-42,49H,11-12,17-18,25-26H2,1-4H3,(H,47,50)(H,48,55)/t39-,40-,41?,42-/m0/s1. The number of carbonyl (C=O) groups excluding carboxylic acids is 3. The van der Waals surface area contributed by atoms with E-state index in [1.54, 1.807) is 4.90 Å². The fourth-order valence-corrected chi connectivity index (χ4v) is 8.60. The minimum Gasteiger partial charge on any atom is -0.355 e. The highest BCUT2D eigenvalue weighted by Crippen LogP contribution is 2.36. The van der Waals surface area contributed by atoms with E-state index in [-0.39, 0.29) is 29.8 Å². The van der Waals surface area contributed by atoms with Crippen LogP contribution in [0.5, 0.6) is 0 Å². The van der Waals surface area contributed by atoms with E-state index in [1.807, 2.05) is 128 Å². The summed E-state index contributed by atoms with van der Waals surface area (Å²) in [7, 11) is 7.69. The second-order valence-corrected chi connectivity index (χ2v) is 15.7. The number of carbonyl (C=O) groups is 3. The third-order valence-corrected chi connectivity index (χ3v) is 11.4. The molecule has 0 aliphatic carbocycles. The van der Waals surface area contributed by atoms with E-state index in [4.69, 9.17) is 4.98 Å². The zero-order valence-electron chi connectivity index (χ0n) is 33.0. The molecule has 11 heteroatoms. The molecule has 4 heterocycles. The van der Waals surface area contributed by atoms with Gasteiger partial charge in [-0.1, -0.05) is 84.9 Å². The molecular formula is C46H50N8O3. The summed E-state index contributed by atoms with van der Waals surface area (Å²) >= 11 is 0. The van der Waals surface area contributed by atoms with Crippen LogP contribution in [0.25, 0.3) is 33.4 Å². The summed E-state index contributed by atoms with van der Waals surface area (Å²) in [6, 6.07) is 34.5. The molecule has 2 aromatic heterocycles. The van der Waals surface area contributed by atoms with Gasteiger partial charge in [0, 0.05) is 35.4 Å². The van der Waals surface area contributed by atoms with Crippen LogP contribution in [0.4, 0.5) is 5.69 Å². The van der Waals surface area contributed by atoms with Gasteiger partial charge in [-0.3, -0.25) is 24.2 Å². The Morgan fingerprint density at radius 2 is 1.26 bits per heavy atom. The summed E-state index contributed by atoms with van der Waals surface area (Å²) in [5, 5.41) is 4.07. The van der Waals surface area contributed by atoms with Gasteiger partial charge in [-0.15, -0.1) is 0 Å². The van der Waals surface area contributed by atoms with Crippen LogP contribution in [0, 0.1) is 0 Å². The molecule has 2 saturated heterocycles. The lowest BCUT2D eigenvalue weighted by molar-refractivity contribution is -0.140. The van der Waals surface area contributed by atoms with Crippen LogP contribution in [0.3, 0.4) is 0 Å². The van der Waals surface area contributed by atoms with Crippen molar-refractivity contribution in [3.8, 4) is 22.5 Å². The van der Waals surface area contributed by atoms with Crippen molar-refractivity contribution in [3.05, 3.63) is 132 Å². The van der Waals surface area contributed by atoms with E-state index in [0.717, 1.165) is 69.6 Å². The number of benzene rings is 4. The number of anilines is 1. The van der Waals surface area contributed by atoms with Crippen molar-refractivity contribution in [2.45, 2.75) is 49.9 Å². The van der Waals surface area contributed by atoms with Crippen LogP contribution in [0.15, 0.2) is 115 Å². The molecule has 57 heavy (non-hydrogen) atoms. The van der Waals surface area contributed by atoms with E-state index < -0.39 is 12.1 Å². The number of rotatable bonds is 11. The predicted molar refractivity (Wildman–Crippen MR) is 224 cm³/mol. The molecule has 11 nitrogen and oxygen atoms in total. The van der Waals surface area contributed by atoms with Gasteiger partial charge in [0.1, 0.15) is 23.9 Å². The average Bonchev–Trinajstić information content (AvgIpc) is 4.05. The molecular weight excluding hydrogens is 713 g/mol. The van der Waals surface area contributed by atoms with Crippen molar-refractivity contribution in [1.82, 2.24) is 34.6 Å². The van der Waals surface area contributed by atoms with Gasteiger partial charge in [-0.25, -0.2) is 4.98 Å². The highest BCUT2D eigenvalue weighted by molar-refractivity contribution is 6.00. The minimum atomic E-state index is -0.528. The summed E-state index contributed by atoms with van der Waals surface area (Å²) in [4.78, 5) is 60.8. The van der Waals surface area contributed by atoms with Crippen LogP contribution in [-0.2, 0) is 14.4 Å². The molecule has 3 amide bonds. The zero-order valence-corrected chi connectivity index (χ0v) is 33.0. The van der Waals surface area contributed by atoms with Crippen LogP contribution >= 0.6 is 0 Å². The maximum atomic E-state index is 13.9. The van der Waals surface area contributed by atoms with Crippen LogP contribution in [0.2, 0.25) is 0 Å². The minimum absolute atomic E-state index is 0.0571. The molecule has 1 unspecified atom stereocenters. The molecule has 4 aromatic carbocycles. The lowest BCUT2D eigenvalue weighted by Gasteiger charge is -2.31. The lowest BCUT2D eigenvalue weighted by atomic mass is 10.0. The van der Waals surface area contributed by atoms with Crippen molar-refractivity contribution in [1.29, 1.82) is 0 Å². The topological polar surface area (TPSA) is 121 Å². The van der Waals surface area contributed by atoms with Gasteiger partial charge in [-0.05, 0) is 100 Å². The lowest BCUT2D eigenvalue weighted by Crippen LogP contribution is -2.47. The number of aromatic nitrogens is 3. The second-order valence-electron chi connectivity index (χ2n) is 15.7. The number of likely N-dealkylation sites (N-methyl/N-ethyl adjacent to an activating group) is 2. The summed E-state index contributed by atoms with van der Waals surface area (Å²) in [6.07, 6.45) is 5.06. The van der Waals surface area contributed by atoms with Gasteiger partial charge in [0.2, 0.25) is 17.7 Å². The fourth-order valence-electron chi connectivity index (χ4n) is 8.60. The number of H-pyrrole nitrogens is 2.